The van der Waals surface area contributed by atoms with E-state index in [0.29, 0.717) is 23.6 Å². The van der Waals surface area contributed by atoms with E-state index in [1.807, 2.05) is 5.38 Å². The first-order valence-electron chi connectivity index (χ1n) is 6.45. The predicted octanol–water partition coefficient (Wildman–Crippen LogP) is 0.621. The summed E-state index contributed by atoms with van der Waals surface area (Å²) >= 11 is 1.38. The summed E-state index contributed by atoms with van der Waals surface area (Å²) in [6, 6.07) is 0.894. The van der Waals surface area contributed by atoms with Gasteiger partial charge < -0.3 is 11.1 Å². The zero-order chi connectivity index (χ0) is 12.5. The van der Waals surface area contributed by atoms with Crippen LogP contribution in [-0.4, -0.2) is 41.0 Å². The molecular weight excluding hydrogens is 248 g/mol. The molecule has 3 N–H and O–H groups in total. The highest BCUT2D eigenvalue weighted by Gasteiger charge is 2.37. The number of nitrogens with two attached hydrogens (primary N) is 1. The molecule has 2 aliphatic rings. The molecule has 1 aromatic heterocycles. The fourth-order valence-corrected chi connectivity index (χ4v) is 3.64. The van der Waals surface area contributed by atoms with Gasteiger partial charge in [0.25, 0.3) is 0 Å². The Morgan fingerprint density at radius 3 is 3.22 bits per heavy atom. The number of anilines is 1. The Morgan fingerprint density at radius 1 is 1.56 bits per heavy atom. The molecule has 0 aromatic carbocycles. The molecule has 2 fully saturated rings. The van der Waals surface area contributed by atoms with Crippen LogP contribution in [0.2, 0.25) is 0 Å². The molecule has 18 heavy (non-hydrogen) atoms. The smallest absolute Gasteiger partial charge is 0.226 e. The first-order valence-corrected chi connectivity index (χ1v) is 7.33. The summed E-state index contributed by atoms with van der Waals surface area (Å²) in [6.45, 7) is 2.32. The normalized spacial score (nSPS) is 27.3. The van der Waals surface area contributed by atoms with Gasteiger partial charge in [0.15, 0.2) is 5.13 Å². The average Bonchev–Trinajstić information content (AvgIpc) is 2.98. The predicted molar refractivity (Wildman–Crippen MR) is 71.4 cm³/mol. The van der Waals surface area contributed by atoms with Crippen molar-refractivity contribution in [2.75, 3.05) is 18.8 Å². The molecule has 0 saturated carbocycles. The minimum Gasteiger partial charge on any atom is -0.375 e. The Kier molecular flexibility index (Phi) is 3.22. The molecule has 0 bridgehead atoms. The maximum Gasteiger partial charge on any atom is 0.226 e. The van der Waals surface area contributed by atoms with Crippen LogP contribution in [0.1, 0.15) is 25.0 Å². The van der Waals surface area contributed by atoms with Gasteiger partial charge in [0.05, 0.1) is 12.1 Å². The fraction of sp³-hybridized carbons (Fsp3) is 0.667. The van der Waals surface area contributed by atoms with Crippen molar-refractivity contribution in [3.63, 3.8) is 0 Å². The van der Waals surface area contributed by atoms with Crippen LogP contribution in [0, 0.1) is 0 Å². The quantitative estimate of drug-likeness (QED) is 0.841. The lowest BCUT2D eigenvalue weighted by Gasteiger charge is -2.21. The zero-order valence-corrected chi connectivity index (χ0v) is 11.1. The Bertz CT molecular complexity index is 447. The van der Waals surface area contributed by atoms with Gasteiger partial charge in [-0.15, -0.1) is 11.3 Å². The molecule has 5 nitrogen and oxygen atoms in total. The van der Waals surface area contributed by atoms with E-state index < -0.39 is 0 Å². The van der Waals surface area contributed by atoms with E-state index in [2.05, 4.69) is 15.2 Å². The zero-order valence-electron chi connectivity index (χ0n) is 10.3. The van der Waals surface area contributed by atoms with Crippen molar-refractivity contribution >= 4 is 22.4 Å². The third-order valence-corrected chi connectivity index (χ3v) is 4.59. The second kappa shape index (κ2) is 4.85. The van der Waals surface area contributed by atoms with Crippen molar-refractivity contribution in [2.45, 2.75) is 37.8 Å². The monoisotopic (exact) mass is 266 g/mol. The summed E-state index contributed by atoms with van der Waals surface area (Å²) in [5.41, 5.74) is 6.33. The van der Waals surface area contributed by atoms with Crippen LogP contribution in [0.25, 0.3) is 0 Å². The lowest BCUT2D eigenvalue weighted by Crippen LogP contribution is -2.42. The summed E-state index contributed by atoms with van der Waals surface area (Å²) in [7, 11) is 0. The fourth-order valence-electron chi connectivity index (χ4n) is 3.08. The Balaban J connectivity index is 1.55. The maximum absolute atomic E-state index is 12.0. The van der Waals surface area contributed by atoms with Crippen LogP contribution in [0.3, 0.4) is 0 Å². The third kappa shape index (κ3) is 2.35. The van der Waals surface area contributed by atoms with Crippen molar-refractivity contribution < 1.29 is 4.79 Å². The summed E-state index contributed by atoms with van der Waals surface area (Å²) in [5, 5.41) is 5.53. The molecule has 2 saturated heterocycles. The molecule has 98 valence electrons. The number of hydrogen-bond donors (Lipinski definition) is 2. The van der Waals surface area contributed by atoms with Gasteiger partial charge in [0.2, 0.25) is 5.91 Å². The van der Waals surface area contributed by atoms with E-state index in [4.69, 9.17) is 5.73 Å². The molecule has 3 rings (SSSR count). The lowest BCUT2D eigenvalue weighted by molar-refractivity contribution is -0.121. The van der Waals surface area contributed by atoms with Crippen LogP contribution in [0.15, 0.2) is 5.38 Å². The van der Waals surface area contributed by atoms with E-state index in [1.165, 1.54) is 30.7 Å². The number of fused-ring (bicyclic) bond motifs is 1. The van der Waals surface area contributed by atoms with E-state index in [1.54, 1.807) is 0 Å². The number of carbonyl (C=O) groups excluding carboxylic acids is 1. The largest absolute Gasteiger partial charge is 0.375 e. The Morgan fingerprint density at radius 2 is 2.44 bits per heavy atom. The molecule has 3 heterocycles. The number of amides is 1. The van der Waals surface area contributed by atoms with Gasteiger partial charge in [-0.2, -0.15) is 0 Å². The minimum absolute atomic E-state index is 0.0686. The first-order chi connectivity index (χ1) is 8.72. The number of rotatable bonds is 3. The second-order valence-corrected chi connectivity index (χ2v) is 5.95. The Hall–Kier alpha value is -1.14. The highest BCUT2D eigenvalue weighted by molar-refractivity contribution is 7.13. The molecule has 0 radical (unpaired) electrons. The van der Waals surface area contributed by atoms with Gasteiger partial charge in [-0.05, 0) is 25.8 Å². The van der Waals surface area contributed by atoms with Gasteiger partial charge >= 0.3 is 0 Å². The van der Waals surface area contributed by atoms with E-state index in [0.717, 1.165) is 18.7 Å². The van der Waals surface area contributed by atoms with Crippen LogP contribution < -0.4 is 11.1 Å². The number of carbonyl (C=O) groups is 1. The number of nitrogen functional groups attached to an aromatic ring is 1. The van der Waals surface area contributed by atoms with Gasteiger partial charge in [-0.1, -0.05) is 0 Å². The van der Waals surface area contributed by atoms with Crippen LogP contribution >= 0.6 is 11.3 Å². The van der Waals surface area contributed by atoms with Crippen molar-refractivity contribution in [1.82, 2.24) is 15.2 Å². The second-order valence-electron chi connectivity index (χ2n) is 5.06. The lowest BCUT2D eigenvalue weighted by atomic mass is 10.1. The number of aromatic nitrogens is 1. The van der Waals surface area contributed by atoms with Gasteiger partial charge in [0.1, 0.15) is 0 Å². The third-order valence-electron chi connectivity index (χ3n) is 3.86. The van der Waals surface area contributed by atoms with Gasteiger partial charge in [0, 0.05) is 24.0 Å². The molecule has 1 aromatic rings. The average molecular weight is 266 g/mol. The van der Waals surface area contributed by atoms with Crippen LogP contribution in [-0.2, 0) is 11.2 Å². The highest BCUT2D eigenvalue weighted by Crippen LogP contribution is 2.27. The van der Waals surface area contributed by atoms with Crippen molar-refractivity contribution in [2.24, 2.45) is 0 Å². The van der Waals surface area contributed by atoms with Crippen LogP contribution in [0.5, 0.6) is 0 Å². The van der Waals surface area contributed by atoms with Crippen molar-refractivity contribution in [3.05, 3.63) is 11.1 Å². The van der Waals surface area contributed by atoms with E-state index in [9.17, 15) is 4.79 Å². The van der Waals surface area contributed by atoms with E-state index >= 15 is 0 Å². The number of nitrogens with zero attached hydrogens (tertiary/aromatic N) is 2. The first kappa shape index (κ1) is 11.9. The summed E-state index contributed by atoms with van der Waals surface area (Å²) in [4.78, 5) is 18.6. The molecule has 2 aliphatic heterocycles. The molecule has 0 spiro atoms. The van der Waals surface area contributed by atoms with Gasteiger partial charge in [-0.25, -0.2) is 4.98 Å². The molecule has 2 atom stereocenters. The summed E-state index contributed by atoms with van der Waals surface area (Å²) in [6.07, 6.45) is 3.90. The van der Waals surface area contributed by atoms with Crippen LogP contribution in [0.4, 0.5) is 5.13 Å². The molecule has 1 amide bonds. The van der Waals surface area contributed by atoms with Crippen molar-refractivity contribution in [3.8, 4) is 0 Å². The van der Waals surface area contributed by atoms with Crippen molar-refractivity contribution in [1.29, 1.82) is 0 Å². The van der Waals surface area contributed by atoms with E-state index in [-0.39, 0.29) is 5.91 Å². The molecular formula is C12H18N4OS. The molecule has 0 aliphatic carbocycles. The Labute approximate surface area is 110 Å². The SMILES string of the molecule is Nc1nc(CC(=O)NC2CCN3CCCC23)cs1. The maximum atomic E-state index is 12.0. The molecule has 2 unspecified atom stereocenters. The standard InChI is InChI=1S/C12H18N4OS/c13-12-14-8(7-18-12)6-11(17)15-9-3-5-16-4-1-2-10(9)16/h7,9-10H,1-6H2,(H2,13,14)(H,15,17). The minimum atomic E-state index is 0.0686. The topological polar surface area (TPSA) is 71.2 Å². The number of thiazole rings is 1. The molecule has 6 heteroatoms. The summed E-state index contributed by atoms with van der Waals surface area (Å²) in [5.74, 6) is 0.0686. The van der Waals surface area contributed by atoms with Gasteiger partial charge in [-0.3, -0.25) is 9.69 Å². The number of nitrogens with one attached hydrogen (secondary N) is 1. The highest BCUT2D eigenvalue weighted by atomic mass is 32.1. The summed E-state index contributed by atoms with van der Waals surface area (Å²) < 4.78 is 0. The number of hydrogen-bond acceptors (Lipinski definition) is 5.